The minimum Gasteiger partial charge on any atom is -0.372 e. The molecule has 1 aromatic rings. The van der Waals surface area contributed by atoms with E-state index in [-0.39, 0.29) is 5.56 Å². The van der Waals surface area contributed by atoms with Crippen LogP contribution in [0.25, 0.3) is 12.2 Å². The Morgan fingerprint density at radius 1 is 1.46 bits per heavy atom. The molecular weight excluding hydrogens is 170 g/mol. The minimum atomic E-state index is -0.760. The molecule has 1 rings (SSSR count). The zero-order valence-electron chi connectivity index (χ0n) is 7.16. The van der Waals surface area contributed by atoms with E-state index in [9.17, 15) is 9.59 Å². The molecule has 0 unspecified atom stereocenters. The van der Waals surface area contributed by atoms with Gasteiger partial charge >= 0.3 is 11.4 Å². The fourth-order valence-corrected chi connectivity index (χ4v) is 0.943. The first-order valence-corrected chi connectivity index (χ1v) is 3.71. The topological polar surface area (TPSA) is 63.1 Å². The minimum absolute atomic E-state index is 0.262. The number of nitrogens with one attached hydrogen (secondary N) is 1. The number of rotatable bonds is 2. The van der Waals surface area contributed by atoms with Crippen molar-refractivity contribution in [2.75, 3.05) is 0 Å². The average molecular weight is 179 g/mol. The Balaban J connectivity index is 3.56. The van der Waals surface area contributed by atoms with E-state index in [0.717, 1.165) is 0 Å². The maximum absolute atomic E-state index is 11.1. The van der Waals surface area contributed by atoms with Crippen molar-refractivity contribution in [3.05, 3.63) is 44.9 Å². The lowest BCUT2D eigenvalue weighted by Crippen LogP contribution is -2.18. The summed E-state index contributed by atoms with van der Waals surface area (Å²) in [5.74, 6) is -0.760. The van der Waals surface area contributed by atoms with Crippen LogP contribution in [0.1, 0.15) is 18.2 Å². The summed E-state index contributed by atoms with van der Waals surface area (Å²) in [6, 6.07) is 0. The van der Waals surface area contributed by atoms with Gasteiger partial charge < -0.3 is 4.42 Å². The van der Waals surface area contributed by atoms with Gasteiger partial charge in [0.1, 0.15) is 0 Å². The van der Waals surface area contributed by atoms with Crippen LogP contribution in [-0.2, 0) is 0 Å². The zero-order valence-corrected chi connectivity index (χ0v) is 7.16. The van der Waals surface area contributed by atoms with Crippen LogP contribution in [0, 0.1) is 0 Å². The molecular formula is C9H9NO3. The first-order valence-electron chi connectivity index (χ1n) is 3.71. The zero-order chi connectivity index (χ0) is 9.84. The van der Waals surface area contributed by atoms with Gasteiger partial charge in [0.2, 0.25) is 0 Å². The summed E-state index contributed by atoms with van der Waals surface area (Å²) in [4.78, 5) is 24.2. The van der Waals surface area contributed by atoms with E-state index in [2.05, 4.69) is 16.0 Å². The van der Waals surface area contributed by atoms with Gasteiger partial charge in [-0.1, -0.05) is 18.7 Å². The van der Waals surface area contributed by atoms with Crippen LogP contribution in [0.5, 0.6) is 0 Å². The predicted octanol–water partition coefficient (Wildman–Crippen LogP) is 1.00. The highest BCUT2D eigenvalue weighted by atomic mass is 16.4. The van der Waals surface area contributed by atoms with Gasteiger partial charge in [-0.3, -0.25) is 4.98 Å². The summed E-state index contributed by atoms with van der Waals surface area (Å²) in [6.45, 7) is 5.23. The summed E-state index contributed by atoms with van der Waals surface area (Å²) >= 11 is 0. The monoisotopic (exact) mass is 179 g/mol. The molecule has 0 aliphatic rings. The second kappa shape index (κ2) is 3.71. The molecule has 0 spiro atoms. The van der Waals surface area contributed by atoms with Crippen LogP contribution >= 0.6 is 0 Å². The Bertz CT molecular complexity index is 451. The van der Waals surface area contributed by atoms with E-state index in [4.69, 9.17) is 0 Å². The molecule has 4 heteroatoms. The Hall–Kier alpha value is -1.84. The van der Waals surface area contributed by atoms with Gasteiger partial charge in [-0.25, -0.2) is 9.59 Å². The fourth-order valence-electron chi connectivity index (χ4n) is 0.943. The standard InChI is InChI=1S/C9H9NO3/c1-3-5-7-6(4-2)8(11)13-9(12)10-7/h3-5H,2H2,1H3,(H,10,12)/b5-3-. The molecule has 0 atom stereocenters. The number of allylic oxidation sites excluding steroid dienone is 1. The molecule has 1 aromatic heterocycles. The summed E-state index contributed by atoms with van der Waals surface area (Å²) in [5, 5.41) is 0. The lowest BCUT2D eigenvalue weighted by Gasteiger charge is -1.95. The van der Waals surface area contributed by atoms with Crippen molar-refractivity contribution >= 4 is 12.2 Å². The van der Waals surface area contributed by atoms with Crippen LogP contribution < -0.4 is 11.4 Å². The highest BCUT2D eigenvalue weighted by molar-refractivity contribution is 5.59. The highest BCUT2D eigenvalue weighted by Gasteiger charge is 2.03. The summed E-state index contributed by atoms with van der Waals surface area (Å²) in [6.07, 6.45) is 4.66. The third-order valence-corrected chi connectivity index (χ3v) is 1.47. The lowest BCUT2D eigenvalue weighted by atomic mass is 10.2. The van der Waals surface area contributed by atoms with E-state index in [0.29, 0.717) is 5.69 Å². The molecule has 68 valence electrons. The highest BCUT2D eigenvalue weighted by Crippen LogP contribution is 2.01. The third kappa shape index (κ3) is 1.84. The Kier molecular flexibility index (Phi) is 2.64. The van der Waals surface area contributed by atoms with Gasteiger partial charge in [0.25, 0.3) is 0 Å². The van der Waals surface area contributed by atoms with Gasteiger partial charge in [0.15, 0.2) is 0 Å². The molecule has 0 aliphatic carbocycles. The van der Waals surface area contributed by atoms with Crippen molar-refractivity contribution in [3.8, 4) is 0 Å². The molecule has 0 aromatic carbocycles. The molecule has 0 amide bonds. The maximum Gasteiger partial charge on any atom is 0.419 e. The second-order valence-corrected chi connectivity index (χ2v) is 2.33. The van der Waals surface area contributed by atoms with Crippen LogP contribution in [0.2, 0.25) is 0 Å². The van der Waals surface area contributed by atoms with Crippen LogP contribution in [-0.4, -0.2) is 4.98 Å². The van der Waals surface area contributed by atoms with Gasteiger partial charge in [-0.15, -0.1) is 0 Å². The molecule has 0 bridgehead atoms. The van der Waals surface area contributed by atoms with E-state index in [1.165, 1.54) is 6.08 Å². The predicted molar refractivity (Wildman–Crippen MR) is 50.4 cm³/mol. The quantitative estimate of drug-likeness (QED) is 0.736. The molecule has 0 saturated carbocycles. The molecule has 13 heavy (non-hydrogen) atoms. The van der Waals surface area contributed by atoms with Crippen molar-refractivity contribution < 1.29 is 4.42 Å². The normalized spacial score (nSPS) is 10.5. The van der Waals surface area contributed by atoms with Gasteiger partial charge in [0.05, 0.1) is 11.3 Å². The maximum atomic E-state index is 11.1. The number of hydrogen-bond acceptors (Lipinski definition) is 3. The number of H-pyrrole nitrogens is 1. The van der Waals surface area contributed by atoms with E-state index < -0.39 is 11.4 Å². The van der Waals surface area contributed by atoms with Crippen LogP contribution in [0.15, 0.2) is 26.7 Å². The molecule has 1 heterocycles. The third-order valence-electron chi connectivity index (χ3n) is 1.47. The molecule has 0 aliphatic heterocycles. The van der Waals surface area contributed by atoms with E-state index >= 15 is 0 Å². The molecule has 1 N–H and O–H groups in total. The Labute approximate surface area is 74.2 Å². The molecule has 0 saturated heterocycles. The fraction of sp³-hybridized carbons (Fsp3) is 0.111. The lowest BCUT2D eigenvalue weighted by molar-refractivity contribution is 0.447. The Morgan fingerprint density at radius 2 is 2.15 bits per heavy atom. The smallest absolute Gasteiger partial charge is 0.372 e. The van der Waals surface area contributed by atoms with Crippen LogP contribution in [0.4, 0.5) is 0 Å². The Morgan fingerprint density at radius 3 is 2.69 bits per heavy atom. The van der Waals surface area contributed by atoms with Gasteiger partial charge in [-0.05, 0) is 13.0 Å². The first kappa shape index (κ1) is 9.25. The van der Waals surface area contributed by atoms with Crippen molar-refractivity contribution in [1.29, 1.82) is 0 Å². The average Bonchev–Trinajstić information content (AvgIpc) is 2.04. The summed E-state index contributed by atoms with van der Waals surface area (Å²) in [7, 11) is 0. The van der Waals surface area contributed by atoms with Crippen molar-refractivity contribution in [2.45, 2.75) is 6.92 Å². The van der Waals surface area contributed by atoms with Crippen LogP contribution in [0.3, 0.4) is 0 Å². The summed E-state index contributed by atoms with van der Waals surface area (Å²) in [5.41, 5.74) is 0.00306. The summed E-state index contributed by atoms with van der Waals surface area (Å²) < 4.78 is 4.31. The molecule has 4 nitrogen and oxygen atoms in total. The van der Waals surface area contributed by atoms with Crippen molar-refractivity contribution in [3.63, 3.8) is 0 Å². The SMILES string of the molecule is C=Cc1c(/C=C\C)[nH]c(=O)oc1=O. The molecule has 0 fully saturated rings. The van der Waals surface area contributed by atoms with Crippen molar-refractivity contribution in [1.82, 2.24) is 4.98 Å². The van der Waals surface area contributed by atoms with Crippen molar-refractivity contribution in [2.24, 2.45) is 0 Å². The first-order chi connectivity index (χ1) is 6.19. The van der Waals surface area contributed by atoms with E-state index in [1.54, 1.807) is 19.1 Å². The number of aromatic amines is 1. The number of aromatic nitrogens is 1. The second-order valence-electron chi connectivity index (χ2n) is 2.33. The van der Waals surface area contributed by atoms with Gasteiger partial charge in [0, 0.05) is 0 Å². The molecule has 0 radical (unpaired) electrons. The number of hydrogen-bond donors (Lipinski definition) is 1. The van der Waals surface area contributed by atoms with E-state index in [1.807, 2.05) is 0 Å². The largest absolute Gasteiger partial charge is 0.419 e. The van der Waals surface area contributed by atoms with Gasteiger partial charge in [-0.2, -0.15) is 0 Å².